The predicted octanol–water partition coefficient (Wildman–Crippen LogP) is 3.52. The summed E-state index contributed by atoms with van der Waals surface area (Å²) in [7, 11) is 1.60. The number of hydrogen-bond donors (Lipinski definition) is 1. The molecule has 0 saturated carbocycles. The van der Waals surface area contributed by atoms with E-state index in [1.54, 1.807) is 44.4 Å². The van der Waals surface area contributed by atoms with Gasteiger partial charge in [0, 0.05) is 11.8 Å². The van der Waals surface area contributed by atoms with Crippen LogP contribution in [0.5, 0.6) is 5.75 Å². The highest BCUT2D eigenvalue weighted by atomic mass is 16.5. The van der Waals surface area contributed by atoms with Crippen molar-refractivity contribution < 1.29 is 19.1 Å². The summed E-state index contributed by atoms with van der Waals surface area (Å²) in [6.45, 7) is 2.05. The van der Waals surface area contributed by atoms with Crippen molar-refractivity contribution in [2.24, 2.45) is 0 Å². The average molecular weight is 325 g/mol. The van der Waals surface area contributed by atoms with Crippen LogP contribution >= 0.6 is 0 Å². The standard InChI is InChI=1S/C19H19NO4/c1-3-24-19(22)15-5-4-6-16(13-15)20-18(21)12-9-14-7-10-17(23-2)11-8-14/h4-13H,3H2,1-2H3,(H,20,21)/b12-9+. The molecule has 0 aliphatic rings. The van der Waals surface area contributed by atoms with Gasteiger partial charge in [-0.2, -0.15) is 0 Å². The molecule has 0 spiro atoms. The second kappa shape index (κ2) is 8.53. The maximum absolute atomic E-state index is 12.0. The first-order valence-electron chi connectivity index (χ1n) is 7.52. The Morgan fingerprint density at radius 2 is 1.88 bits per heavy atom. The second-order valence-electron chi connectivity index (χ2n) is 4.90. The molecule has 0 bridgehead atoms. The van der Waals surface area contributed by atoms with E-state index in [0.717, 1.165) is 11.3 Å². The van der Waals surface area contributed by atoms with E-state index in [1.165, 1.54) is 6.08 Å². The molecule has 0 heterocycles. The summed E-state index contributed by atoms with van der Waals surface area (Å²) in [5.74, 6) is 0.0570. The number of carbonyl (C=O) groups is 2. The Morgan fingerprint density at radius 3 is 2.54 bits per heavy atom. The zero-order valence-corrected chi connectivity index (χ0v) is 13.6. The maximum atomic E-state index is 12.0. The molecule has 5 heteroatoms. The number of esters is 1. The summed E-state index contributed by atoms with van der Waals surface area (Å²) in [5, 5.41) is 2.71. The van der Waals surface area contributed by atoms with E-state index in [-0.39, 0.29) is 5.91 Å². The lowest BCUT2D eigenvalue weighted by Gasteiger charge is -2.05. The third-order valence-electron chi connectivity index (χ3n) is 3.18. The van der Waals surface area contributed by atoms with Crippen LogP contribution in [0.1, 0.15) is 22.8 Å². The molecular weight excluding hydrogens is 306 g/mol. The first-order chi connectivity index (χ1) is 11.6. The van der Waals surface area contributed by atoms with Gasteiger partial charge in [-0.05, 0) is 48.9 Å². The number of methoxy groups -OCH3 is 1. The molecule has 124 valence electrons. The van der Waals surface area contributed by atoms with Crippen molar-refractivity contribution >= 4 is 23.6 Å². The summed E-state index contributed by atoms with van der Waals surface area (Å²) in [6, 6.07) is 14.0. The number of amides is 1. The quantitative estimate of drug-likeness (QED) is 0.652. The molecule has 0 aliphatic carbocycles. The predicted molar refractivity (Wildman–Crippen MR) is 93.1 cm³/mol. The molecule has 2 aromatic rings. The maximum Gasteiger partial charge on any atom is 0.338 e. The Morgan fingerprint density at radius 1 is 1.12 bits per heavy atom. The Labute approximate surface area is 140 Å². The topological polar surface area (TPSA) is 64.6 Å². The van der Waals surface area contributed by atoms with Crippen LogP contribution in [0.4, 0.5) is 5.69 Å². The largest absolute Gasteiger partial charge is 0.497 e. The van der Waals surface area contributed by atoms with Gasteiger partial charge in [0.05, 0.1) is 19.3 Å². The molecule has 0 unspecified atom stereocenters. The van der Waals surface area contributed by atoms with Crippen LogP contribution in [0.25, 0.3) is 6.08 Å². The van der Waals surface area contributed by atoms with Crippen LogP contribution in [0.3, 0.4) is 0 Å². The monoisotopic (exact) mass is 325 g/mol. The third-order valence-corrected chi connectivity index (χ3v) is 3.18. The fourth-order valence-electron chi connectivity index (χ4n) is 2.01. The highest BCUT2D eigenvalue weighted by molar-refractivity contribution is 6.02. The summed E-state index contributed by atoms with van der Waals surface area (Å²) in [5.41, 5.74) is 1.81. The minimum Gasteiger partial charge on any atom is -0.497 e. The Hall–Kier alpha value is -3.08. The number of anilines is 1. The van der Waals surface area contributed by atoms with Crippen LogP contribution in [-0.4, -0.2) is 25.6 Å². The number of rotatable bonds is 6. The highest BCUT2D eigenvalue weighted by Gasteiger charge is 2.07. The molecule has 0 radical (unpaired) electrons. The van der Waals surface area contributed by atoms with Crippen LogP contribution in [-0.2, 0) is 9.53 Å². The van der Waals surface area contributed by atoms with Crippen molar-refractivity contribution in [3.63, 3.8) is 0 Å². The normalized spacial score (nSPS) is 10.4. The lowest BCUT2D eigenvalue weighted by atomic mass is 10.2. The van der Waals surface area contributed by atoms with Crippen molar-refractivity contribution in [2.45, 2.75) is 6.92 Å². The van der Waals surface area contributed by atoms with Gasteiger partial charge in [-0.15, -0.1) is 0 Å². The first kappa shape index (κ1) is 17.3. The van der Waals surface area contributed by atoms with Gasteiger partial charge in [0.1, 0.15) is 5.75 Å². The van der Waals surface area contributed by atoms with E-state index in [2.05, 4.69) is 5.32 Å². The minimum absolute atomic E-state index is 0.285. The zero-order chi connectivity index (χ0) is 17.4. The molecule has 1 amide bonds. The lowest BCUT2D eigenvalue weighted by Crippen LogP contribution is -2.09. The number of hydrogen-bond acceptors (Lipinski definition) is 4. The number of benzene rings is 2. The summed E-state index contributed by atoms with van der Waals surface area (Å²) >= 11 is 0. The molecule has 1 N–H and O–H groups in total. The van der Waals surface area contributed by atoms with E-state index in [0.29, 0.717) is 17.9 Å². The van der Waals surface area contributed by atoms with Gasteiger partial charge in [0.25, 0.3) is 0 Å². The van der Waals surface area contributed by atoms with E-state index in [4.69, 9.17) is 9.47 Å². The van der Waals surface area contributed by atoms with Crippen molar-refractivity contribution in [2.75, 3.05) is 19.0 Å². The van der Waals surface area contributed by atoms with E-state index < -0.39 is 5.97 Å². The summed E-state index contributed by atoms with van der Waals surface area (Å²) in [6.07, 6.45) is 3.13. The van der Waals surface area contributed by atoms with Crippen LogP contribution < -0.4 is 10.1 Å². The molecule has 2 aromatic carbocycles. The zero-order valence-electron chi connectivity index (χ0n) is 13.6. The average Bonchev–Trinajstić information content (AvgIpc) is 2.61. The van der Waals surface area contributed by atoms with Crippen LogP contribution in [0.2, 0.25) is 0 Å². The van der Waals surface area contributed by atoms with Crippen LogP contribution in [0.15, 0.2) is 54.6 Å². The molecule has 0 atom stereocenters. The second-order valence-corrected chi connectivity index (χ2v) is 4.90. The van der Waals surface area contributed by atoms with Gasteiger partial charge in [-0.3, -0.25) is 4.79 Å². The van der Waals surface area contributed by atoms with Crippen molar-refractivity contribution in [3.05, 3.63) is 65.7 Å². The summed E-state index contributed by atoms with van der Waals surface area (Å²) in [4.78, 5) is 23.7. The lowest BCUT2D eigenvalue weighted by molar-refractivity contribution is -0.111. The van der Waals surface area contributed by atoms with E-state index >= 15 is 0 Å². The molecule has 2 rings (SSSR count). The molecule has 0 aromatic heterocycles. The van der Waals surface area contributed by atoms with E-state index in [1.807, 2.05) is 24.3 Å². The van der Waals surface area contributed by atoms with Gasteiger partial charge < -0.3 is 14.8 Å². The Balaban J connectivity index is 1.99. The van der Waals surface area contributed by atoms with Gasteiger partial charge >= 0.3 is 5.97 Å². The van der Waals surface area contributed by atoms with Crippen molar-refractivity contribution in [1.82, 2.24) is 0 Å². The van der Waals surface area contributed by atoms with Crippen molar-refractivity contribution in [3.8, 4) is 5.75 Å². The van der Waals surface area contributed by atoms with Crippen LogP contribution in [0, 0.1) is 0 Å². The van der Waals surface area contributed by atoms with Gasteiger partial charge in [0.2, 0.25) is 5.91 Å². The molecule has 24 heavy (non-hydrogen) atoms. The number of ether oxygens (including phenoxy) is 2. The molecule has 0 fully saturated rings. The summed E-state index contributed by atoms with van der Waals surface area (Å²) < 4.78 is 10.0. The fourth-order valence-corrected chi connectivity index (χ4v) is 2.01. The molecule has 0 aliphatic heterocycles. The van der Waals surface area contributed by atoms with E-state index in [9.17, 15) is 9.59 Å². The fraction of sp³-hybridized carbons (Fsp3) is 0.158. The van der Waals surface area contributed by atoms with Gasteiger partial charge in [-0.1, -0.05) is 18.2 Å². The molecule has 0 saturated heterocycles. The Kier molecular flexibility index (Phi) is 6.14. The highest BCUT2D eigenvalue weighted by Crippen LogP contribution is 2.14. The SMILES string of the molecule is CCOC(=O)c1cccc(NC(=O)/C=C/c2ccc(OC)cc2)c1. The van der Waals surface area contributed by atoms with Crippen molar-refractivity contribution in [1.29, 1.82) is 0 Å². The number of nitrogens with one attached hydrogen (secondary N) is 1. The third kappa shape index (κ3) is 4.98. The number of carbonyl (C=O) groups excluding carboxylic acids is 2. The smallest absolute Gasteiger partial charge is 0.338 e. The first-order valence-corrected chi connectivity index (χ1v) is 7.52. The van der Waals surface area contributed by atoms with Gasteiger partial charge in [-0.25, -0.2) is 4.79 Å². The van der Waals surface area contributed by atoms with Gasteiger partial charge in [0.15, 0.2) is 0 Å². The minimum atomic E-state index is -0.414. The Bertz CT molecular complexity index is 735. The molecular formula is C19H19NO4. The molecule has 5 nitrogen and oxygen atoms in total.